The van der Waals surface area contributed by atoms with Crippen molar-refractivity contribution in [3.8, 4) is 17.3 Å². The van der Waals surface area contributed by atoms with Crippen LogP contribution in [-0.2, 0) is 11.3 Å². The zero-order valence-electron chi connectivity index (χ0n) is 11.6. The minimum absolute atomic E-state index is 0.332. The van der Waals surface area contributed by atoms with Crippen LogP contribution in [0.4, 0.5) is 0 Å². The zero-order chi connectivity index (χ0) is 14.7. The molecule has 2 heterocycles. The molecule has 0 saturated carbocycles. The molecule has 1 fully saturated rings. The van der Waals surface area contributed by atoms with Crippen molar-refractivity contribution < 1.29 is 9.84 Å². The highest BCUT2D eigenvalue weighted by Crippen LogP contribution is 2.22. The van der Waals surface area contributed by atoms with Gasteiger partial charge in [-0.25, -0.2) is 4.68 Å². The fraction of sp³-hybridized carbons (Fsp3) is 0.400. The lowest BCUT2D eigenvalue weighted by atomic mass is 9.97. The first-order valence-corrected chi connectivity index (χ1v) is 6.89. The molecule has 1 aromatic heterocycles. The molecule has 1 saturated heterocycles. The lowest BCUT2D eigenvalue weighted by Crippen LogP contribution is -2.42. The molecule has 0 amide bonds. The van der Waals surface area contributed by atoms with Crippen LogP contribution in [0.1, 0.15) is 18.4 Å². The normalized spacial score (nSPS) is 21.9. The predicted octanol–water partition coefficient (Wildman–Crippen LogP) is 1.36. The molecular formula is C15H16N4O2. The molecule has 1 aliphatic heterocycles. The van der Waals surface area contributed by atoms with Crippen LogP contribution in [0.25, 0.3) is 11.3 Å². The monoisotopic (exact) mass is 284 g/mol. The van der Waals surface area contributed by atoms with Gasteiger partial charge >= 0.3 is 0 Å². The first-order chi connectivity index (χ1) is 10.2. The predicted molar refractivity (Wildman–Crippen MR) is 75.2 cm³/mol. The second-order valence-corrected chi connectivity index (χ2v) is 5.37. The van der Waals surface area contributed by atoms with Crippen LogP contribution >= 0.6 is 0 Å². The molecule has 0 spiro atoms. The summed E-state index contributed by atoms with van der Waals surface area (Å²) in [4.78, 5) is 0. The van der Waals surface area contributed by atoms with Gasteiger partial charge in [0.1, 0.15) is 11.3 Å². The van der Waals surface area contributed by atoms with Crippen LogP contribution < -0.4 is 0 Å². The van der Waals surface area contributed by atoms with E-state index in [0.717, 1.165) is 17.7 Å². The van der Waals surface area contributed by atoms with Gasteiger partial charge in [-0.05, 0) is 25.0 Å². The fourth-order valence-electron chi connectivity index (χ4n) is 2.49. The van der Waals surface area contributed by atoms with E-state index in [2.05, 4.69) is 16.4 Å². The SMILES string of the molecule is N#Cc1ccc(-c2cn(CC3(O)CCCOC3)nn2)cc1. The Bertz CT molecular complexity index is 651. The maximum atomic E-state index is 10.4. The van der Waals surface area contributed by atoms with E-state index < -0.39 is 5.60 Å². The lowest BCUT2D eigenvalue weighted by Gasteiger charge is -2.31. The van der Waals surface area contributed by atoms with E-state index in [4.69, 9.17) is 10.00 Å². The summed E-state index contributed by atoms with van der Waals surface area (Å²) in [5.74, 6) is 0. The van der Waals surface area contributed by atoms with Crippen molar-refractivity contribution in [1.29, 1.82) is 5.26 Å². The highest BCUT2D eigenvalue weighted by atomic mass is 16.5. The Morgan fingerprint density at radius 2 is 2.19 bits per heavy atom. The second kappa shape index (κ2) is 5.64. The first kappa shape index (κ1) is 13.7. The Kier molecular flexibility index (Phi) is 3.69. The number of nitriles is 1. The molecule has 108 valence electrons. The lowest BCUT2D eigenvalue weighted by molar-refractivity contribution is -0.0960. The van der Waals surface area contributed by atoms with Gasteiger partial charge in [0.2, 0.25) is 0 Å². The molecule has 0 aliphatic carbocycles. The van der Waals surface area contributed by atoms with E-state index in [1.807, 2.05) is 12.1 Å². The van der Waals surface area contributed by atoms with Crippen molar-refractivity contribution >= 4 is 0 Å². The van der Waals surface area contributed by atoms with Gasteiger partial charge in [0.15, 0.2) is 0 Å². The van der Waals surface area contributed by atoms with Gasteiger partial charge in [0.25, 0.3) is 0 Å². The Hall–Kier alpha value is -2.23. The number of aromatic nitrogens is 3. The Labute approximate surface area is 122 Å². The number of rotatable bonds is 3. The topological polar surface area (TPSA) is 84.0 Å². The van der Waals surface area contributed by atoms with Crippen LogP contribution in [0, 0.1) is 11.3 Å². The van der Waals surface area contributed by atoms with E-state index in [-0.39, 0.29) is 0 Å². The minimum atomic E-state index is -0.867. The molecule has 1 aromatic carbocycles. The maximum absolute atomic E-state index is 10.4. The van der Waals surface area contributed by atoms with Crippen LogP contribution in [-0.4, -0.2) is 38.9 Å². The van der Waals surface area contributed by atoms with Gasteiger partial charge in [0, 0.05) is 12.2 Å². The number of hydrogen-bond acceptors (Lipinski definition) is 5. The largest absolute Gasteiger partial charge is 0.386 e. The highest BCUT2D eigenvalue weighted by molar-refractivity contribution is 5.58. The summed E-state index contributed by atoms with van der Waals surface area (Å²) < 4.78 is 6.97. The van der Waals surface area contributed by atoms with Crippen molar-refractivity contribution in [3.63, 3.8) is 0 Å². The highest BCUT2D eigenvalue weighted by Gasteiger charge is 2.31. The van der Waals surface area contributed by atoms with Gasteiger partial charge in [-0.15, -0.1) is 5.10 Å². The molecular weight excluding hydrogens is 268 g/mol. The summed E-state index contributed by atoms with van der Waals surface area (Å²) in [5, 5.41) is 27.4. The van der Waals surface area contributed by atoms with Gasteiger partial charge in [0.05, 0.1) is 31.0 Å². The number of ether oxygens (including phenoxy) is 1. The van der Waals surface area contributed by atoms with E-state index in [1.165, 1.54) is 0 Å². The van der Waals surface area contributed by atoms with Gasteiger partial charge in [-0.1, -0.05) is 17.3 Å². The van der Waals surface area contributed by atoms with E-state index in [0.29, 0.717) is 31.7 Å². The molecule has 1 atom stereocenters. The summed E-state index contributed by atoms with van der Waals surface area (Å²) in [6.07, 6.45) is 3.36. The molecule has 0 bridgehead atoms. The molecule has 0 radical (unpaired) electrons. The van der Waals surface area contributed by atoms with Crippen molar-refractivity contribution in [2.45, 2.75) is 25.0 Å². The maximum Gasteiger partial charge on any atom is 0.113 e. The van der Waals surface area contributed by atoms with Crippen molar-refractivity contribution in [1.82, 2.24) is 15.0 Å². The third-order valence-electron chi connectivity index (χ3n) is 3.61. The summed E-state index contributed by atoms with van der Waals surface area (Å²) >= 11 is 0. The third-order valence-corrected chi connectivity index (χ3v) is 3.61. The zero-order valence-corrected chi connectivity index (χ0v) is 11.6. The number of benzene rings is 1. The standard InChI is InChI=1S/C15H16N4O2/c16-8-12-2-4-13(5-3-12)14-9-19(18-17-14)10-15(20)6-1-7-21-11-15/h2-5,9,20H,1,6-7,10-11H2. The van der Waals surface area contributed by atoms with Crippen molar-refractivity contribution in [3.05, 3.63) is 36.0 Å². The smallest absolute Gasteiger partial charge is 0.113 e. The van der Waals surface area contributed by atoms with Crippen molar-refractivity contribution in [2.75, 3.05) is 13.2 Å². The summed E-state index contributed by atoms with van der Waals surface area (Å²) in [6.45, 7) is 1.41. The summed E-state index contributed by atoms with van der Waals surface area (Å²) in [6, 6.07) is 9.25. The molecule has 2 aromatic rings. The second-order valence-electron chi connectivity index (χ2n) is 5.37. The number of aliphatic hydroxyl groups is 1. The van der Waals surface area contributed by atoms with Crippen LogP contribution in [0.3, 0.4) is 0 Å². The van der Waals surface area contributed by atoms with E-state index in [1.54, 1.807) is 23.0 Å². The Morgan fingerprint density at radius 3 is 2.86 bits per heavy atom. The average molecular weight is 284 g/mol. The molecule has 6 nitrogen and oxygen atoms in total. The molecule has 3 rings (SSSR count). The van der Waals surface area contributed by atoms with Crippen molar-refractivity contribution in [2.24, 2.45) is 0 Å². The molecule has 21 heavy (non-hydrogen) atoms. The van der Waals surface area contributed by atoms with Gasteiger partial charge < -0.3 is 9.84 Å². The quantitative estimate of drug-likeness (QED) is 0.920. The van der Waals surface area contributed by atoms with E-state index >= 15 is 0 Å². The van der Waals surface area contributed by atoms with Crippen LogP contribution in [0.2, 0.25) is 0 Å². The van der Waals surface area contributed by atoms with Crippen LogP contribution in [0.15, 0.2) is 30.5 Å². The summed E-state index contributed by atoms with van der Waals surface area (Å²) in [5.41, 5.74) is 1.36. The Morgan fingerprint density at radius 1 is 1.38 bits per heavy atom. The molecule has 1 unspecified atom stereocenters. The van der Waals surface area contributed by atoms with E-state index in [9.17, 15) is 5.11 Å². The fourth-order valence-corrected chi connectivity index (χ4v) is 2.49. The molecule has 1 aliphatic rings. The first-order valence-electron chi connectivity index (χ1n) is 6.89. The third kappa shape index (κ3) is 3.10. The van der Waals surface area contributed by atoms with Gasteiger partial charge in [-0.2, -0.15) is 5.26 Å². The average Bonchev–Trinajstić information content (AvgIpc) is 2.96. The number of hydrogen-bond donors (Lipinski definition) is 1. The number of nitrogens with zero attached hydrogens (tertiary/aromatic N) is 4. The molecule has 1 N–H and O–H groups in total. The van der Waals surface area contributed by atoms with Gasteiger partial charge in [-0.3, -0.25) is 0 Å². The molecule has 6 heteroatoms. The summed E-state index contributed by atoms with van der Waals surface area (Å²) in [7, 11) is 0. The Balaban J connectivity index is 1.75. The van der Waals surface area contributed by atoms with Crippen LogP contribution in [0.5, 0.6) is 0 Å². The minimum Gasteiger partial charge on any atom is -0.386 e.